The number of piperazine rings is 1. The van der Waals surface area contributed by atoms with E-state index >= 15 is 0 Å². The minimum absolute atomic E-state index is 0.105. The third-order valence-electron chi connectivity index (χ3n) is 6.70. The quantitative estimate of drug-likeness (QED) is 0.610. The predicted molar refractivity (Wildman–Crippen MR) is 131 cm³/mol. The first-order valence-corrected chi connectivity index (χ1v) is 12.1. The predicted octanol–water partition coefficient (Wildman–Crippen LogP) is 5.26. The molecule has 2 aromatic carbocycles. The molecule has 2 heterocycles. The molecule has 2 fully saturated rings. The van der Waals surface area contributed by atoms with Crippen LogP contribution in [-0.4, -0.2) is 54.9 Å². The maximum atomic E-state index is 11.3. The van der Waals surface area contributed by atoms with Crippen LogP contribution in [0.5, 0.6) is 0 Å². The van der Waals surface area contributed by atoms with Crippen molar-refractivity contribution in [3.63, 3.8) is 0 Å². The van der Waals surface area contributed by atoms with Gasteiger partial charge in [-0.2, -0.15) is 0 Å². The zero-order valence-electron chi connectivity index (χ0n) is 17.8. The van der Waals surface area contributed by atoms with E-state index in [0.29, 0.717) is 22.5 Å². The molecule has 0 aromatic heterocycles. The van der Waals surface area contributed by atoms with E-state index < -0.39 is 5.60 Å². The van der Waals surface area contributed by atoms with Gasteiger partial charge >= 0.3 is 0 Å². The van der Waals surface area contributed by atoms with Gasteiger partial charge in [-0.05, 0) is 74.7 Å². The summed E-state index contributed by atoms with van der Waals surface area (Å²) in [5.41, 5.74) is 1.46. The fourth-order valence-corrected chi connectivity index (χ4v) is 5.62. The van der Waals surface area contributed by atoms with Crippen LogP contribution < -0.4 is 10.2 Å². The molecule has 0 radical (unpaired) electrons. The zero-order valence-corrected chi connectivity index (χ0v) is 20.1. The molecule has 31 heavy (non-hydrogen) atoms. The number of benzene rings is 2. The van der Waals surface area contributed by atoms with Crippen molar-refractivity contribution in [1.29, 1.82) is 0 Å². The number of hydrogen-bond donors (Lipinski definition) is 2. The smallest absolute Gasteiger partial charge is 0.0775 e. The molecule has 0 saturated carbocycles. The molecule has 0 bridgehead atoms. The van der Waals surface area contributed by atoms with Crippen molar-refractivity contribution < 1.29 is 5.11 Å². The number of β-amino-alcohol motifs (C(OH)–C–C–N with tert-alkyl or cyclic N) is 1. The molecule has 2 N–H and O–H groups in total. The minimum Gasteiger partial charge on any atom is -0.389 e. The van der Waals surface area contributed by atoms with Crippen molar-refractivity contribution in [2.45, 2.75) is 31.4 Å². The van der Waals surface area contributed by atoms with Gasteiger partial charge in [0.1, 0.15) is 0 Å². The summed E-state index contributed by atoms with van der Waals surface area (Å²) in [6.45, 7) is 7.13. The molecule has 4 nitrogen and oxygen atoms in total. The Morgan fingerprint density at radius 3 is 2.35 bits per heavy atom. The molecule has 4 rings (SSSR count). The summed E-state index contributed by atoms with van der Waals surface area (Å²) in [4.78, 5) is 4.74. The molecular weight excluding hydrogens is 453 g/mol. The third-order valence-corrected chi connectivity index (χ3v) is 7.49. The van der Waals surface area contributed by atoms with Crippen molar-refractivity contribution in [2.75, 3.05) is 44.2 Å². The third kappa shape index (κ3) is 5.50. The Morgan fingerprint density at radius 2 is 1.68 bits per heavy atom. The van der Waals surface area contributed by atoms with Crippen LogP contribution in [0.25, 0.3) is 0 Å². The van der Waals surface area contributed by atoms with Crippen molar-refractivity contribution in [3.05, 3.63) is 63.1 Å². The molecular formula is C24H30Cl3N3O. The fourth-order valence-electron chi connectivity index (χ4n) is 4.98. The van der Waals surface area contributed by atoms with Crippen LogP contribution >= 0.6 is 34.8 Å². The fraction of sp³-hybridized carbons (Fsp3) is 0.500. The molecule has 2 aliphatic rings. The summed E-state index contributed by atoms with van der Waals surface area (Å²) in [5.74, 6) is 0.325. The van der Waals surface area contributed by atoms with E-state index in [1.807, 2.05) is 31.2 Å². The molecule has 0 amide bonds. The van der Waals surface area contributed by atoms with Gasteiger partial charge in [-0.1, -0.05) is 46.9 Å². The average molecular weight is 483 g/mol. The summed E-state index contributed by atoms with van der Waals surface area (Å²) in [6, 6.07) is 13.8. The Bertz CT molecular complexity index is 884. The van der Waals surface area contributed by atoms with Crippen molar-refractivity contribution in [3.8, 4) is 0 Å². The normalized spacial score (nSPS) is 23.0. The summed E-state index contributed by atoms with van der Waals surface area (Å²) >= 11 is 18.9. The lowest BCUT2D eigenvalue weighted by Gasteiger charge is -2.46. The van der Waals surface area contributed by atoms with Crippen LogP contribution in [0.4, 0.5) is 5.69 Å². The summed E-state index contributed by atoms with van der Waals surface area (Å²) < 4.78 is 0. The Labute approximate surface area is 200 Å². The lowest BCUT2D eigenvalue weighted by Crippen LogP contribution is -2.55. The van der Waals surface area contributed by atoms with Crippen LogP contribution in [0.2, 0.25) is 15.1 Å². The number of anilines is 1. The maximum Gasteiger partial charge on any atom is 0.0775 e. The second-order valence-corrected chi connectivity index (χ2v) is 10.3. The topological polar surface area (TPSA) is 38.7 Å². The number of piperidine rings is 1. The Hall–Kier alpha value is -1.01. The lowest BCUT2D eigenvalue weighted by molar-refractivity contribution is -0.0437. The van der Waals surface area contributed by atoms with Gasteiger partial charge in [0.15, 0.2) is 0 Å². The first kappa shape index (κ1) is 23.2. The number of rotatable bonds is 5. The highest BCUT2D eigenvalue weighted by molar-refractivity contribution is 6.36. The zero-order chi connectivity index (χ0) is 22.0. The van der Waals surface area contributed by atoms with E-state index in [9.17, 15) is 5.11 Å². The van der Waals surface area contributed by atoms with Crippen LogP contribution in [-0.2, 0) is 0 Å². The van der Waals surface area contributed by atoms with E-state index in [-0.39, 0.29) is 6.04 Å². The lowest BCUT2D eigenvalue weighted by atomic mass is 9.81. The van der Waals surface area contributed by atoms with Gasteiger partial charge in [-0.25, -0.2) is 0 Å². The summed E-state index contributed by atoms with van der Waals surface area (Å²) in [5, 5.41) is 16.7. The van der Waals surface area contributed by atoms with Gasteiger partial charge in [0.05, 0.1) is 22.4 Å². The van der Waals surface area contributed by atoms with E-state index in [1.165, 1.54) is 5.56 Å². The van der Waals surface area contributed by atoms with Gasteiger partial charge in [0, 0.05) is 36.2 Å². The SMILES string of the molecule is CC(O)(CN1CCN(c2ccc(Cl)cc2Cl)[C@H](c2ccc(Cl)cc2)C1)C1CCNCC1. The second kappa shape index (κ2) is 9.86. The molecule has 2 aliphatic heterocycles. The van der Waals surface area contributed by atoms with Crippen LogP contribution in [0.3, 0.4) is 0 Å². The van der Waals surface area contributed by atoms with Gasteiger partial charge < -0.3 is 15.3 Å². The van der Waals surface area contributed by atoms with Crippen molar-refractivity contribution in [1.82, 2.24) is 10.2 Å². The number of hydrogen-bond acceptors (Lipinski definition) is 4. The molecule has 0 spiro atoms. The van der Waals surface area contributed by atoms with Gasteiger partial charge in [-0.3, -0.25) is 4.90 Å². The second-order valence-electron chi connectivity index (χ2n) is 8.97. The van der Waals surface area contributed by atoms with E-state index in [0.717, 1.165) is 56.3 Å². The maximum absolute atomic E-state index is 11.3. The Morgan fingerprint density at radius 1 is 1.00 bits per heavy atom. The number of nitrogens with one attached hydrogen (secondary N) is 1. The highest BCUT2D eigenvalue weighted by atomic mass is 35.5. The average Bonchev–Trinajstić information content (AvgIpc) is 2.75. The standard InChI is InChI=1S/C24H30Cl3N3O/c1-24(31,18-8-10-28-11-9-18)16-29-12-13-30(22-7-6-20(26)14-21(22)27)23(15-29)17-2-4-19(25)5-3-17/h2-7,14,18,23,28,31H,8-13,15-16H2,1H3/t23-,24?/m0/s1. The molecule has 168 valence electrons. The summed E-state index contributed by atoms with van der Waals surface area (Å²) in [7, 11) is 0. The molecule has 2 aromatic rings. The number of nitrogens with zero attached hydrogens (tertiary/aromatic N) is 2. The molecule has 0 aliphatic carbocycles. The van der Waals surface area contributed by atoms with Gasteiger partial charge in [0.2, 0.25) is 0 Å². The van der Waals surface area contributed by atoms with E-state index in [2.05, 4.69) is 27.2 Å². The number of aliphatic hydroxyl groups is 1. The number of halogens is 3. The van der Waals surface area contributed by atoms with Gasteiger partial charge in [0.25, 0.3) is 0 Å². The highest BCUT2D eigenvalue weighted by Gasteiger charge is 2.37. The molecule has 2 saturated heterocycles. The first-order chi connectivity index (χ1) is 14.8. The van der Waals surface area contributed by atoms with Crippen LogP contribution in [0.15, 0.2) is 42.5 Å². The molecule has 2 atom stereocenters. The Balaban J connectivity index is 1.57. The Kier molecular flexibility index (Phi) is 7.37. The first-order valence-electron chi connectivity index (χ1n) is 11.0. The van der Waals surface area contributed by atoms with Crippen LogP contribution in [0, 0.1) is 5.92 Å². The largest absolute Gasteiger partial charge is 0.389 e. The minimum atomic E-state index is -0.702. The van der Waals surface area contributed by atoms with Crippen LogP contribution in [0.1, 0.15) is 31.4 Å². The van der Waals surface area contributed by atoms with Crippen molar-refractivity contribution >= 4 is 40.5 Å². The molecule has 7 heteroatoms. The van der Waals surface area contributed by atoms with Crippen molar-refractivity contribution in [2.24, 2.45) is 5.92 Å². The highest BCUT2D eigenvalue weighted by Crippen LogP contribution is 2.37. The van der Waals surface area contributed by atoms with E-state index in [4.69, 9.17) is 34.8 Å². The summed E-state index contributed by atoms with van der Waals surface area (Å²) in [6.07, 6.45) is 2.04. The monoisotopic (exact) mass is 481 g/mol. The molecule has 1 unspecified atom stereocenters. The van der Waals surface area contributed by atoms with E-state index in [1.54, 1.807) is 6.07 Å². The van der Waals surface area contributed by atoms with Gasteiger partial charge in [-0.15, -0.1) is 0 Å².